The number of benzene rings is 3. The zero-order valence-corrected chi connectivity index (χ0v) is 18.4. The van der Waals surface area contributed by atoms with Crippen molar-refractivity contribution < 1.29 is 19.1 Å². The van der Waals surface area contributed by atoms with Gasteiger partial charge in [-0.1, -0.05) is 30.3 Å². The number of para-hydroxylation sites is 1. The number of nitrogens with one attached hydrogen (secondary N) is 1. The maximum Gasteiger partial charge on any atom is 0.337 e. The van der Waals surface area contributed by atoms with Crippen molar-refractivity contribution in [3.63, 3.8) is 0 Å². The highest BCUT2D eigenvalue weighted by Gasteiger charge is 2.24. The van der Waals surface area contributed by atoms with Crippen LogP contribution in [0.25, 0.3) is 0 Å². The van der Waals surface area contributed by atoms with Crippen molar-refractivity contribution in [2.24, 2.45) is 0 Å². The zero-order chi connectivity index (χ0) is 22.5. The summed E-state index contributed by atoms with van der Waals surface area (Å²) in [5.41, 5.74) is 3.61. The Labute approximate surface area is 190 Å². The number of hydrogen-bond acceptors (Lipinski definition) is 5. The van der Waals surface area contributed by atoms with Gasteiger partial charge in [-0.3, -0.25) is 9.59 Å². The number of anilines is 2. The third kappa shape index (κ3) is 4.68. The molecule has 3 aromatic rings. The predicted octanol–water partition coefficient (Wildman–Crippen LogP) is 4.41. The topological polar surface area (TPSA) is 75.7 Å². The van der Waals surface area contributed by atoms with Crippen molar-refractivity contribution in [2.45, 2.75) is 11.3 Å². The summed E-state index contributed by atoms with van der Waals surface area (Å²) in [5, 5.41) is 2.84. The van der Waals surface area contributed by atoms with E-state index in [0.29, 0.717) is 23.4 Å². The lowest BCUT2D eigenvalue weighted by atomic mass is 10.2. The van der Waals surface area contributed by atoms with Crippen LogP contribution in [0.3, 0.4) is 0 Å². The number of ether oxygens (including phenoxy) is 1. The maximum absolute atomic E-state index is 12.9. The highest BCUT2D eigenvalue weighted by Crippen LogP contribution is 2.30. The van der Waals surface area contributed by atoms with Crippen molar-refractivity contribution in [1.82, 2.24) is 0 Å². The summed E-state index contributed by atoms with van der Waals surface area (Å²) in [6.07, 6.45) is 0.861. The van der Waals surface area contributed by atoms with E-state index < -0.39 is 5.97 Å². The van der Waals surface area contributed by atoms with Crippen LogP contribution < -0.4 is 10.2 Å². The zero-order valence-electron chi connectivity index (χ0n) is 17.5. The van der Waals surface area contributed by atoms with E-state index in [4.69, 9.17) is 0 Å². The molecular weight excluding hydrogens is 424 g/mol. The maximum atomic E-state index is 12.9. The smallest absolute Gasteiger partial charge is 0.337 e. The van der Waals surface area contributed by atoms with Crippen molar-refractivity contribution in [3.05, 3.63) is 89.5 Å². The van der Waals surface area contributed by atoms with Crippen LogP contribution in [-0.4, -0.2) is 37.2 Å². The third-order valence-electron chi connectivity index (χ3n) is 5.23. The van der Waals surface area contributed by atoms with E-state index in [2.05, 4.69) is 10.1 Å². The summed E-state index contributed by atoms with van der Waals surface area (Å²) in [5.74, 6) is -0.451. The Balaban J connectivity index is 1.42. The number of rotatable bonds is 6. The van der Waals surface area contributed by atoms with E-state index in [0.717, 1.165) is 17.0 Å². The molecular formula is C25H22N2O4S. The van der Waals surface area contributed by atoms with Gasteiger partial charge in [0.25, 0.3) is 5.91 Å². The van der Waals surface area contributed by atoms with Crippen LogP contribution in [0, 0.1) is 0 Å². The molecule has 1 heterocycles. The van der Waals surface area contributed by atoms with Gasteiger partial charge in [0.2, 0.25) is 5.91 Å². The lowest BCUT2D eigenvalue weighted by molar-refractivity contribution is -0.116. The summed E-state index contributed by atoms with van der Waals surface area (Å²) in [7, 11) is 1.32. The first-order chi connectivity index (χ1) is 15.6. The van der Waals surface area contributed by atoms with E-state index in [-0.39, 0.29) is 17.6 Å². The van der Waals surface area contributed by atoms with Crippen LogP contribution in [-0.2, 0) is 16.0 Å². The first kappa shape index (κ1) is 21.6. The monoisotopic (exact) mass is 446 g/mol. The molecule has 7 heteroatoms. The summed E-state index contributed by atoms with van der Waals surface area (Å²) >= 11 is 1.35. The second kappa shape index (κ2) is 9.70. The average Bonchev–Trinajstić information content (AvgIpc) is 3.27. The number of methoxy groups -OCH3 is 1. The van der Waals surface area contributed by atoms with E-state index >= 15 is 0 Å². The quantitative estimate of drug-likeness (QED) is 0.449. The Hall–Kier alpha value is -3.58. The molecule has 0 aromatic heterocycles. The Bertz CT molecular complexity index is 1160. The molecule has 0 radical (unpaired) electrons. The molecule has 1 aliphatic rings. The van der Waals surface area contributed by atoms with Gasteiger partial charge in [0.1, 0.15) is 0 Å². The van der Waals surface area contributed by atoms with Crippen LogP contribution in [0.4, 0.5) is 11.4 Å². The lowest BCUT2D eigenvalue weighted by Gasteiger charge is -2.17. The minimum absolute atomic E-state index is 0.0218. The normalized spacial score (nSPS) is 12.2. The van der Waals surface area contributed by atoms with Gasteiger partial charge < -0.3 is 15.0 Å². The molecule has 6 nitrogen and oxygen atoms in total. The van der Waals surface area contributed by atoms with Gasteiger partial charge in [0.15, 0.2) is 0 Å². The summed E-state index contributed by atoms with van der Waals surface area (Å²) in [6.45, 7) is 0.683. The predicted molar refractivity (Wildman–Crippen MR) is 125 cm³/mol. The fourth-order valence-electron chi connectivity index (χ4n) is 3.60. The van der Waals surface area contributed by atoms with Crippen molar-refractivity contribution in [3.8, 4) is 0 Å². The van der Waals surface area contributed by atoms with Gasteiger partial charge in [0.05, 0.1) is 24.0 Å². The number of thioether (sulfide) groups is 1. The molecule has 0 bridgehead atoms. The van der Waals surface area contributed by atoms with Crippen LogP contribution in [0.2, 0.25) is 0 Å². The second-order valence-electron chi connectivity index (χ2n) is 7.23. The number of amides is 2. The number of esters is 1. The van der Waals surface area contributed by atoms with Crippen molar-refractivity contribution in [2.75, 3.05) is 29.6 Å². The molecule has 4 rings (SSSR count). The molecule has 2 amide bonds. The van der Waals surface area contributed by atoms with Gasteiger partial charge >= 0.3 is 5.97 Å². The lowest BCUT2D eigenvalue weighted by Crippen LogP contribution is -2.30. The number of carbonyl (C=O) groups is 3. The summed E-state index contributed by atoms with van der Waals surface area (Å²) < 4.78 is 4.68. The third-order valence-corrected chi connectivity index (χ3v) is 6.29. The molecule has 3 aromatic carbocycles. The molecule has 162 valence electrons. The summed E-state index contributed by atoms with van der Waals surface area (Å²) in [6, 6.07) is 21.6. The minimum atomic E-state index is -0.435. The van der Waals surface area contributed by atoms with E-state index in [1.54, 1.807) is 36.4 Å². The molecule has 0 fully saturated rings. The molecule has 1 N–H and O–H groups in total. The Kier molecular flexibility index (Phi) is 6.56. The molecule has 0 atom stereocenters. The first-order valence-electron chi connectivity index (χ1n) is 10.2. The molecule has 1 aliphatic heterocycles. The standard InChI is InChI=1S/C25H22N2O4S/c1-31-25(30)18-10-12-19(13-11-18)26-24(29)20-7-3-5-9-22(20)32-16-23(28)27-15-14-17-6-2-4-8-21(17)27/h2-13H,14-16H2,1H3,(H,26,29). The Morgan fingerprint density at radius 3 is 2.47 bits per heavy atom. The van der Waals surface area contributed by atoms with E-state index in [9.17, 15) is 14.4 Å². The van der Waals surface area contributed by atoms with E-state index in [1.807, 2.05) is 41.3 Å². The van der Waals surface area contributed by atoms with E-state index in [1.165, 1.54) is 24.4 Å². The highest BCUT2D eigenvalue weighted by atomic mass is 32.2. The van der Waals surface area contributed by atoms with Crippen LogP contribution in [0.1, 0.15) is 26.3 Å². The SMILES string of the molecule is COC(=O)c1ccc(NC(=O)c2ccccc2SCC(=O)N2CCc3ccccc32)cc1. The Morgan fingerprint density at radius 1 is 0.969 bits per heavy atom. The average molecular weight is 447 g/mol. The van der Waals surface area contributed by atoms with Gasteiger partial charge in [-0.15, -0.1) is 11.8 Å². The molecule has 0 spiro atoms. The molecule has 0 unspecified atom stereocenters. The van der Waals surface area contributed by atoms with Crippen LogP contribution >= 0.6 is 11.8 Å². The molecule has 0 saturated heterocycles. The fraction of sp³-hybridized carbons (Fsp3) is 0.160. The Morgan fingerprint density at radius 2 is 1.69 bits per heavy atom. The number of hydrogen-bond donors (Lipinski definition) is 1. The molecule has 32 heavy (non-hydrogen) atoms. The van der Waals surface area contributed by atoms with Gasteiger partial charge in [-0.2, -0.15) is 0 Å². The van der Waals surface area contributed by atoms with Crippen molar-refractivity contribution >= 4 is 40.9 Å². The molecule has 0 aliphatic carbocycles. The number of fused-ring (bicyclic) bond motifs is 1. The first-order valence-corrected chi connectivity index (χ1v) is 11.1. The number of carbonyl (C=O) groups excluding carboxylic acids is 3. The fourth-order valence-corrected chi connectivity index (χ4v) is 4.53. The summed E-state index contributed by atoms with van der Waals surface area (Å²) in [4.78, 5) is 39.8. The van der Waals surface area contributed by atoms with Crippen LogP contribution in [0.15, 0.2) is 77.7 Å². The largest absolute Gasteiger partial charge is 0.465 e. The van der Waals surface area contributed by atoms with Gasteiger partial charge in [-0.25, -0.2) is 4.79 Å². The molecule has 0 saturated carbocycles. The minimum Gasteiger partial charge on any atom is -0.465 e. The highest BCUT2D eigenvalue weighted by molar-refractivity contribution is 8.00. The van der Waals surface area contributed by atoms with Crippen molar-refractivity contribution in [1.29, 1.82) is 0 Å². The second-order valence-corrected chi connectivity index (χ2v) is 8.25. The van der Waals surface area contributed by atoms with Crippen LogP contribution in [0.5, 0.6) is 0 Å². The van der Waals surface area contributed by atoms with Gasteiger partial charge in [-0.05, 0) is 54.4 Å². The van der Waals surface area contributed by atoms with Gasteiger partial charge in [0, 0.05) is 22.8 Å². The number of nitrogens with zero attached hydrogens (tertiary/aromatic N) is 1.